The van der Waals surface area contributed by atoms with Crippen molar-refractivity contribution in [2.45, 2.75) is 19.0 Å². The maximum atomic E-state index is 13.0. The van der Waals surface area contributed by atoms with Crippen molar-refractivity contribution in [1.82, 2.24) is 24.9 Å². The Morgan fingerprint density at radius 3 is 2.48 bits per heavy atom. The second-order valence-corrected chi connectivity index (χ2v) is 8.26. The summed E-state index contributed by atoms with van der Waals surface area (Å²) in [6.07, 6.45) is 1.10. The van der Waals surface area contributed by atoms with E-state index in [1.165, 1.54) is 5.56 Å². The van der Waals surface area contributed by atoms with E-state index in [9.17, 15) is 4.79 Å². The summed E-state index contributed by atoms with van der Waals surface area (Å²) in [5.74, 6) is 0.202. The number of rotatable bonds is 4. The minimum atomic E-state index is 0. The molecule has 0 radical (unpaired) electrons. The lowest BCUT2D eigenvalue weighted by Gasteiger charge is -2.32. The molecule has 0 aliphatic carbocycles. The fourth-order valence-electron chi connectivity index (χ4n) is 4.52. The Balaban J connectivity index is 0.00000150. The average molecular weight is 444 g/mol. The molecular weight excluding hydrogens is 409 g/mol. The molecule has 1 aromatic rings. The highest BCUT2D eigenvalue weighted by molar-refractivity contribution is 5.94. The minimum Gasteiger partial charge on any atom is -0.337 e. The van der Waals surface area contributed by atoms with Crippen LogP contribution in [0.25, 0.3) is 0 Å². The summed E-state index contributed by atoms with van der Waals surface area (Å²) in [7, 11) is 2.18. The van der Waals surface area contributed by atoms with Crippen LogP contribution in [0.2, 0.25) is 0 Å². The molecule has 1 N–H and O–H groups in total. The van der Waals surface area contributed by atoms with Crippen LogP contribution in [0.3, 0.4) is 0 Å². The molecule has 164 valence electrons. The Morgan fingerprint density at radius 1 is 1.03 bits per heavy atom. The predicted octanol–water partition coefficient (Wildman–Crippen LogP) is 1.40. The first-order chi connectivity index (χ1) is 13.2. The molecule has 3 heterocycles. The van der Waals surface area contributed by atoms with Gasteiger partial charge in [-0.05, 0) is 31.2 Å². The van der Waals surface area contributed by atoms with Crippen LogP contribution in [-0.2, 0) is 6.54 Å². The maximum absolute atomic E-state index is 13.0. The van der Waals surface area contributed by atoms with E-state index < -0.39 is 0 Å². The molecule has 0 aromatic heterocycles. The molecular formula is C21H35Cl2N5O. The van der Waals surface area contributed by atoms with Gasteiger partial charge in [0.15, 0.2) is 0 Å². The summed E-state index contributed by atoms with van der Waals surface area (Å²) in [6, 6.07) is 8.82. The minimum absolute atomic E-state index is 0. The van der Waals surface area contributed by atoms with Gasteiger partial charge in [-0.25, -0.2) is 0 Å². The topological polar surface area (TPSA) is 42.1 Å². The molecule has 3 aliphatic heterocycles. The zero-order valence-corrected chi connectivity index (χ0v) is 19.0. The smallest absolute Gasteiger partial charge is 0.253 e. The SMILES string of the molecule is CN1CCN(Cc2cccc(C(=O)N3CCC(N4CCNCC4)C3)c2)CC1.Cl.Cl. The van der Waals surface area contributed by atoms with Crippen molar-refractivity contribution in [3.05, 3.63) is 35.4 Å². The van der Waals surface area contributed by atoms with Gasteiger partial charge in [-0.3, -0.25) is 14.6 Å². The van der Waals surface area contributed by atoms with Crippen LogP contribution in [0.4, 0.5) is 0 Å². The third-order valence-corrected chi connectivity index (χ3v) is 6.29. The molecule has 1 amide bonds. The largest absolute Gasteiger partial charge is 0.337 e. The summed E-state index contributed by atoms with van der Waals surface area (Å²) >= 11 is 0. The van der Waals surface area contributed by atoms with Crippen molar-refractivity contribution in [2.75, 3.05) is 72.5 Å². The Bertz CT molecular complexity index is 648. The summed E-state index contributed by atoms with van der Waals surface area (Å²) in [6.45, 7) is 11.5. The van der Waals surface area contributed by atoms with E-state index in [2.05, 4.69) is 44.1 Å². The molecule has 0 spiro atoms. The van der Waals surface area contributed by atoms with Crippen molar-refractivity contribution in [1.29, 1.82) is 0 Å². The Morgan fingerprint density at radius 2 is 1.76 bits per heavy atom. The lowest BCUT2D eigenvalue weighted by molar-refractivity contribution is 0.0773. The van der Waals surface area contributed by atoms with Gasteiger partial charge in [0, 0.05) is 83.6 Å². The summed E-state index contributed by atoms with van der Waals surface area (Å²) < 4.78 is 0. The van der Waals surface area contributed by atoms with E-state index in [1.807, 2.05) is 12.1 Å². The third kappa shape index (κ3) is 6.29. The van der Waals surface area contributed by atoms with E-state index in [4.69, 9.17) is 0 Å². The van der Waals surface area contributed by atoms with Crippen molar-refractivity contribution in [2.24, 2.45) is 0 Å². The lowest BCUT2D eigenvalue weighted by atomic mass is 10.1. The van der Waals surface area contributed by atoms with E-state index in [1.54, 1.807) is 0 Å². The number of amides is 1. The van der Waals surface area contributed by atoms with Crippen LogP contribution in [0.1, 0.15) is 22.3 Å². The number of likely N-dealkylation sites (tertiary alicyclic amines) is 1. The van der Waals surface area contributed by atoms with Gasteiger partial charge in [0.25, 0.3) is 5.91 Å². The van der Waals surface area contributed by atoms with Crippen molar-refractivity contribution in [3.8, 4) is 0 Å². The van der Waals surface area contributed by atoms with Crippen LogP contribution in [0, 0.1) is 0 Å². The molecule has 3 aliphatic rings. The molecule has 3 fully saturated rings. The van der Waals surface area contributed by atoms with Gasteiger partial charge in [0.05, 0.1) is 0 Å². The molecule has 3 saturated heterocycles. The Hall–Kier alpha value is -0.890. The van der Waals surface area contributed by atoms with E-state index in [-0.39, 0.29) is 30.7 Å². The van der Waals surface area contributed by atoms with Gasteiger partial charge in [-0.2, -0.15) is 0 Å². The standard InChI is InChI=1S/C21H33N5O.2ClH/c1-23-11-13-24(14-12-23)16-18-3-2-4-19(15-18)21(27)26-8-5-20(17-26)25-9-6-22-7-10-25;;/h2-4,15,20,22H,5-14,16-17H2,1H3;2*1H. The third-order valence-electron chi connectivity index (χ3n) is 6.29. The van der Waals surface area contributed by atoms with Crippen molar-refractivity contribution < 1.29 is 4.79 Å². The fraction of sp³-hybridized carbons (Fsp3) is 0.667. The van der Waals surface area contributed by atoms with Crippen LogP contribution in [-0.4, -0.2) is 104 Å². The van der Waals surface area contributed by atoms with E-state index in [0.29, 0.717) is 6.04 Å². The second-order valence-electron chi connectivity index (χ2n) is 8.26. The number of hydrogen-bond donors (Lipinski definition) is 1. The summed E-state index contributed by atoms with van der Waals surface area (Å²) in [5, 5.41) is 3.41. The predicted molar refractivity (Wildman–Crippen MR) is 122 cm³/mol. The van der Waals surface area contributed by atoms with E-state index in [0.717, 1.165) is 84.0 Å². The number of hydrogen-bond acceptors (Lipinski definition) is 5. The molecule has 6 nitrogen and oxygen atoms in total. The normalized spacial score (nSPS) is 24.0. The van der Waals surface area contributed by atoms with Gasteiger partial charge in [-0.15, -0.1) is 24.8 Å². The fourth-order valence-corrected chi connectivity index (χ4v) is 4.52. The van der Waals surface area contributed by atoms with Crippen LogP contribution in [0.15, 0.2) is 24.3 Å². The number of nitrogens with one attached hydrogen (secondary N) is 1. The first-order valence-electron chi connectivity index (χ1n) is 10.4. The Labute approximate surface area is 187 Å². The number of halogens is 2. The number of carbonyl (C=O) groups excluding carboxylic acids is 1. The zero-order valence-electron chi connectivity index (χ0n) is 17.4. The molecule has 1 atom stereocenters. The van der Waals surface area contributed by atoms with Gasteiger partial charge in [0.1, 0.15) is 0 Å². The second kappa shape index (κ2) is 11.5. The summed E-state index contributed by atoms with van der Waals surface area (Å²) in [5.41, 5.74) is 2.10. The Kier molecular flexibility index (Phi) is 9.66. The number of carbonyl (C=O) groups is 1. The van der Waals surface area contributed by atoms with Crippen LogP contribution < -0.4 is 5.32 Å². The quantitative estimate of drug-likeness (QED) is 0.761. The molecule has 1 aromatic carbocycles. The number of piperazine rings is 2. The number of nitrogens with zero attached hydrogens (tertiary/aromatic N) is 4. The summed E-state index contributed by atoms with van der Waals surface area (Å²) in [4.78, 5) is 22.5. The molecule has 0 saturated carbocycles. The monoisotopic (exact) mass is 443 g/mol. The lowest BCUT2D eigenvalue weighted by Crippen LogP contribution is -2.49. The van der Waals surface area contributed by atoms with Crippen LogP contribution >= 0.6 is 24.8 Å². The maximum Gasteiger partial charge on any atom is 0.253 e. The number of benzene rings is 1. The molecule has 29 heavy (non-hydrogen) atoms. The van der Waals surface area contributed by atoms with Crippen LogP contribution in [0.5, 0.6) is 0 Å². The highest BCUT2D eigenvalue weighted by atomic mass is 35.5. The first-order valence-corrected chi connectivity index (χ1v) is 10.4. The molecule has 0 bridgehead atoms. The first kappa shape index (κ1) is 24.4. The van der Waals surface area contributed by atoms with Gasteiger partial charge in [-0.1, -0.05) is 12.1 Å². The number of likely N-dealkylation sites (N-methyl/N-ethyl adjacent to an activating group) is 1. The molecule has 4 rings (SSSR count). The molecule has 8 heteroatoms. The van der Waals surface area contributed by atoms with E-state index >= 15 is 0 Å². The van der Waals surface area contributed by atoms with Gasteiger partial charge < -0.3 is 15.1 Å². The highest BCUT2D eigenvalue weighted by Gasteiger charge is 2.31. The van der Waals surface area contributed by atoms with Crippen molar-refractivity contribution in [3.63, 3.8) is 0 Å². The highest BCUT2D eigenvalue weighted by Crippen LogP contribution is 2.19. The average Bonchev–Trinajstić information content (AvgIpc) is 3.20. The van der Waals surface area contributed by atoms with Crippen molar-refractivity contribution >= 4 is 30.7 Å². The van der Waals surface area contributed by atoms with Gasteiger partial charge in [0.2, 0.25) is 0 Å². The van der Waals surface area contributed by atoms with Gasteiger partial charge >= 0.3 is 0 Å². The molecule has 1 unspecified atom stereocenters. The zero-order chi connectivity index (χ0) is 18.6.